The zero-order valence-electron chi connectivity index (χ0n) is 71.3. The molecule has 10 rings (SSSR count). The number of aldehydes is 1. The molecule has 0 spiro atoms. The van der Waals surface area contributed by atoms with Gasteiger partial charge in [-0.2, -0.15) is 0 Å². The van der Waals surface area contributed by atoms with Crippen molar-refractivity contribution in [3.63, 3.8) is 0 Å². The Morgan fingerprint density at radius 2 is 0.634 bits per heavy atom. The number of carboxylic acids is 1. The van der Waals surface area contributed by atoms with Crippen molar-refractivity contribution in [3.05, 3.63) is 0 Å². The van der Waals surface area contributed by atoms with Gasteiger partial charge in [-0.25, -0.2) is 15.8 Å². The van der Waals surface area contributed by atoms with Crippen molar-refractivity contribution in [1.29, 1.82) is 0 Å². The van der Waals surface area contributed by atoms with Gasteiger partial charge in [-0.05, 0) is 18.8 Å². The summed E-state index contributed by atoms with van der Waals surface area (Å²) in [5.74, 6) is -11.3. The van der Waals surface area contributed by atoms with E-state index >= 15 is 0 Å². The first-order valence-electron chi connectivity index (χ1n) is 41.8. The fourth-order valence-electron chi connectivity index (χ4n) is 17.1. The number of aliphatic hydroxyl groups is 22. The van der Waals surface area contributed by atoms with Gasteiger partial charge in [0.25, 0.3) is 11.8 Å². The Hall–Kier alpha value is -5.72. The number of hydrogen-bond donors (Lipinski definition) is 29. The summed E-state index contributed by atoms with van der Waals surface area (Å²) < 4.78 is 105. The Kier molecular flexibility index (Phi) is 38.6. The normalized spacial score (nSPS) is 46.9. The van der Waals surface area contributed by atoms with Crippen LogP contribution in [0, 0.1) is 17.8 Å². The SMILES string of the molecule is CC[C@@H]1C(C(=O)O)O[C@@H](O[C@@H]2C(NC(C)=O)[C@H](O[C@@H]3C(C(=O)NOCC4O[C@H](O[C@H]5OC(CONC(=O)C6O[C@@H](O[C@@H]7C(NC(C)=O)[C@H](OC)OC(CO)[C@H]7O)C(O)[C@@H](O)[C@@H]6O[C@@H]6OC(CO)[C@@H](O)[C@H](O[C@@H]7CC(C=O)[C@@H](C)[C@H](O)C7O)C6NC(C)=O)[C@@H](O)[C@H](O)C5O)C(O)[C@@H](O)[C@@H]4O)O[C@@H](O[C@@H]4C(NC(C)=O)[C@H](OC)OC(CO)[C@H]4O)C(O)[C@H]3O)OC(CO)[C@H]2O)C(O)[C@H]1O. The summed E-state index contributed by atoms with van der Waals surface area (Å²) in [6.07, 6.45) is -90.1. The van der Waals surface area contributed by atoms with E-state index in [1.165, 1.54) is 13.8 Å². The average molecular weight is 1910 g/mol. The fourth-order valence-corrected chi connectivity index (χ4v) is 17.1. The van der Waals surface area contributed by atoms with Crippen LogP contribution in [-0.4, -0.2) is 507 Å². The van der Waals surface area contributed by atoms with E-state index in [1.807, 2.05) is 11.0 Å². The second-order valence-electron chi connectivity index (χ2n) is 33.1. The molecule has 29 N–H and O–H groups in total. The molecule has 10 fully saturated rings. The first-order valence-corrected chi connectivity index (χ1v) is 41.8. The van der Waals surface area contributed by atoms with Gasteiger partial charge in [0.2, 0.25) is 23.6 Å². The van der Waals surface area contributed by atoms with Crippen LogP contribution in [0.5, 0.6) is 0 Å². The molecule has 9 heterocycles. The van der Waals surface area contributed by atoms with Gasteiger partial charge < -0.3 is 229 Å². The van der Waals surface area contributed by atoms with E-state index in [0.717, 1.165) is 41.9 Å². The van der Waals surface area contributed by atoms with E-state index in [4.69, 9.17) is 94.9 Å². The first-order chi connectivity index (χ1) is 61.9. The highest BCUT2D eigenvalue weighted by atomic mass is 16.8. The van der Waals surface area contributed by atoms with Gasteiger partial charge in [0.1, 0.15) is 215 Å². The molecule has 50 atom stereocenters. The van der Waals surface area contributed by atoms with E-state index in [0.29, 0.717) is 6.29 Å². The molecule has 20 unspecified atom stereocenters. The highest BCUT2D eigenvalue weighted by molar-refractivity contribution is 5.81. The Labute approximate surface area is 742 Å². The van der Waals surface area contributed by atoms with Gasteiger partial charge in [-0.3, -0.25) is 38.4 Å². The highest BCUT2D eigenvalue weighted by Gasteiger charge is 2.62. The van der Waals surface area contributed by atoms with Crippen LogP contribution in [0.2, 0.25) is 0 Å². The number of carbonyl (C=O) groups is 8. The number of nitrogens with one attached hydrogen (secondary N) is 6. The number of hydroxylamine groups is 2. The van der Waals surface area contributed by atoms with Crippen LogP contribution in [-0.2, 0) is 133 Å². The molecule has 6 amide bonds. The summed E-state index contributed by atoms with van der Waals surface area (Å²) >= 11 is 0. The molecule has 0 aromatic heterocycles. The molecule has 131 heavy (non-hydrogen) atoms. The van der Waals surface area contributed by atoms with E-state index in [2.05, 4.69) is 21.3 Å². The maximum atomic E-state index is 14.8. The molecule has 0 aromatic carbocycles. The molecule has 0 aromatic rings. The zero-order valence-corrected chi connectivity index (χ0v) is 71.3. The standard InChI is InChI=1S/C74H120N6O51/c1-9-24-37(91)49(103)72(123-54(24)65(110)111)126-58-35(78-22(6)89)69(120-29(15-85)44(58)98)128-60-48(102)53(107)74(125-57-33(76-20(4)87)67(113-8)118-27(13-83)43(57)97)130-62(60)64(109)80-115-17-31-40(94)46(100)51(105)71(122-31)131-70-50(104)45(99)39(93)30(121-70)16-114-79-63(108)61-59(47(101)52(106)73(129-61)124-56-32(75-19(3)86)66(112-7)117-26(12-82)42(56)96)127-68-34(77-21(5)88)55(41(95)28(14-84)119-68)116-25-10-23(11-81)18(2)36(90)38(25)92/h11,18,23-62,66-74,82-85,90-107H,9-10,12-17H2,1-8H3,(H,75,86)(H,76,87)(H,77,88)(H,78,89)(H,79,108)(H,80,109)(H,110,111)/t18-,23?,24+,25-,26?,27?,28?,29?,30?,31?,32?,33?,34?,35?,36+,37+,38?,39-,40-,41-,42-,43-,44-,45+,46+,47-,48-,49?,50?,51?,52?,53?,54?,55-,56-,57-,58-,59+,60+,61?,62?,66-,67-,68+,69+,70-,71-,72+,73-,74-/m1/s1. The second kappa shape index (κ2) is 47.1. The molecule has 57 nitrogen and oxygen atoms in total. The van der Waals surface area contributed by atoms with Crippen molar-refractivity contribution >= 4 is 47.7 Å². The minimum absolute atomic E-state index is 0.0636. The largest absolute Gasteiger partial charge is 0.479 e. The first kappa shape index (κ1) is 107. The van der Waals surface area contributed by atoms with Gasteiger partial charge in [-0.1, -0.05) is 13.8 Å². The smallest absolute Gasteiger partial charge is 0.333 e. The van der Waals surface area contributed by atoms with Gasteiger partial charge in [0.05, 0.1) is 44.7 Å². The van der Waals surface area contributed by atoms with Crippen LogP contribution >= 0.6 is 0 Å². The quantitative estimate of drug-likeness (QED) is 0.0207. The van der Waals surface area contributed by atoms with Crippen molar-refractivity contribution in [1.82, 2.24) is 32.2 Å². The van der Waals surface area contributed by atoms with Crippen LogP contribution in [0.25, 0.3) is 0 Å². The number of methoxy groups -OCH3 is 2. The number of hydrogen-bond acceptors (Lipinski definition) is 50. The summed E-state index contributed by atoms with van der Waals surface area (Å²) in [4.78, 5) is 116. The predicted molar refractivity (Wildman–Crippen MR) is 406 cm³/mol. The maximum absolute atomic E-state index is 14.8. The number of carboxylic acid groups (broad SMARTS) is 1. The summed E-state index contributed by atoms with van der Waals surface area (Å²) in [5.41, 5.74) is 3.78. The summed E-state index contributed by atoms with van der Waals surface area (Å²) in [5, 5.41) is 268. The molecular weight excluding hydrogens is 1790 g/mol. The van der Waals surface area contributed by atoms with Crippen molar-refractivity contribution < 1.29 is 251 Å². The van der Waals surface area contributed by atoms with Gasteiger partial charge >= 0.3 is 5.97 Å². The molecule has 57 heteroatoms. The molecule has 0 bridgehead atoms. The number of amides is 6. The fraction of sp³-hybridized carbons (Fsp3) is 0.892. The molecule has 1 aliphatic carbocycles. The number of rotatable bonds is 35. The molecule has 10 aliphatic rings. The van der Waals surface area contributed by atoms with E-state index in [1.54, 1.807) is 0 Å². The van der Waals surface area contributed by atoms with Crippen LogP contribution in [0.15, 0.2) is 0 Å². The predicted octanol–water partition coefficient (Wildman–Crippen LogP) is -19.0. The van der Waals surface area contributed by atoms with E-state index in [9.17, 15) is 156 Å². The third-order valence-electron chi connectivity index (χ3n) is 24.3. The number of carbonyl (C=O) groups excluding carboxylic acids is 7. The minimum atomic E-state index is -2.56. The highest BCUT2D eigenvalue weighted by Crippen LogP contribution is 2.41. The Bertz CT molecular complexity index is 3700. The molecule has 752 valence electrons. The monoisotopic (exact) mass is 1910 g/mol. The molecule has 0 radical (unpaired) electrons. The number of aliphatic hydroxyl groups excluding tert-OH is 22. The third kappa shape index (κ3) is 24.0. The third-order valence-corrected chi connectivity index (χ3v) is 24.3. The van der Waals surface area contributed by atoms with Crippen LogP contribution < -0.4 is 32.2 Å². The van der Waals surface area contributed by atoms with Gasteiger partial charge in [0.15, 0.2) is 74.9 Å². The van der Waals surface area contributed by atoms with Crippen LogP contribution in [0.1, 0.15) is 54.4 Å². The zero-order chi connectivity index (χ0) is 96.7. The van der Waals surface area contributed by atoms with Crippen molar-refractivity contribution in [3.8, 4) is 0 Å². The van der Waals surface area contributed by atoms with Gasteiger partial charge in [-0.15, -0.1) is 0 Å². The second-order valence-corrected chi connectivity index (χ2v) is 33.1. The van der Waals surface area contributed by atoms with E-state index < -0.39 is 387 Å². The Balaban J connectivity index is 0.875. The molecule has 9 aliphatic heterocycles. The number of ether oxygens (including phenoxy) is 18. The average Bonchev–Trinajstić information content (AvgIpc) is 0.766. The van der Waals surface area contributed by atoms with Crippen LogP contribution in [0.4, 0.5) is 0 Å². The van der Waals surface area contributed by atoms with Crippen molar-refractivity contribution in [2.45, 2.75) is 343 Å². The summed E-state index contributed by atoms with van der Waals surface area (Å²) in [6, 6.07) is -6.95. The maximum Gasteiger partial charge on any atom is 0.333 e. The summed E-state index contributed by atoms with van der Waals surface area (Å²) in [7, 11) is 2.19. The van der Waals surface area contributed by atoms with E-state index in [-0.39, 0.29) is 12.8 Å². The lowest BCUT2D eigenvalue weighted by atomic mass is 9.76. The molecular formula is C74H120N6O51. The lowest BCUT2D eigenvalue weighted by Gasteiger charge is -2.50. The Morgan fingerprint density at radius 3 is 0.954 bits per heavy atom. The lowest BCUT2D eigenvalue weighted by molar-refractivity contribution is -0.378. The van der Waals surface area contributed by atoms with Crippen LogP contribution in [0.3, 0.4) is 0 Å². The number of aliphatic carboxylic acids is 1. The van der Waals surface area contributed by atoms with Crippen molar-refractivity contribution in [2.75, 3.05) is 53.9 Å². The topological polar surface area (TPSA) is 859 Å². The minimum Gasteiger partial charge on any atom is -0.479 e. The summed E-state index contributed by atoms with van der Waals surface area (Å²) in [6.45, 7) is 0.406. The molecule has 9 saturated heterocycles. The molecule has 1 saturated carbocycles. The Morgan fingerprint density at radius 1 is 0.336 bits per heavy atom. The van der Waals surface area contributed by atoms with Gasteiger partial charge in [0, 0.05) is 53.8 Å². The lowest BCUT2D eigenvalue weighted by Crippen LogP contribution is -2.71. The van der Waals surface area contributed by atoms with Crippen molar-refractivity contribution in [2.24, 2.45) is 17.8 Å².